The minimum absolute atomic E-state index is 0.0277. The highest BCUT2D eigenvalue weighted by Crippen LogP contribution is 2.30. The summed E-state index contributed by atoms with van der Waals surface area (Å²) in [4.78, 5) is 23.7. The van der Waals surface area contributed by atoms with E-state index in [4.69, 9.17) is 16.6 Å². The molecule has 0 aliphatic carbocycles. The van der Waals surface area contributed by atoms with Gasteiger partial charge in [0.05, 0.1) is 23.8 Å². The number of fused-ring (bicyclic) bond motifs is 1. The molecule has 0 fully saturated rings. The zero-order chi connectivity index (χ0) is 25.8. The van der Waals surface area contributed by atoms with E-state index in [1.165, 1.54) is 23.9 Å². The maximum absolute atomic E-state index is 13.4. The van der Waals surface area contributed by atoms with Crippen molar-refractivity contribution in [2.24, 2.45) is 0 Å². The maximum atomic E-state index is 13.4. The van der Waals surface area contributed by atoms with Gasteiger partial charge in [0.1, 0.15) is 5.82 Å². The lowest BCUT2D eigenvalue weighted by Gasteiger charge is -2.17. The smallest absolute Gasteiger partial charge is 0.253 e. The van der Waals surface area contributed by atoms with Crippen molar-refractivity contribution in [2.75, 3.05) is 7.05 Å². The fraction of sp³-hybridized carbons (Fsp3) is 0.138. The first-order valence-electron chi connectivity index (χ1n) is 11.7. The van der Waals surface area contributed by atoms with Crippen molar-refractivity contribution in [1.82, 2.24) is 19.4 Å². The van der Waals surface area contributed by atoms with Gasteiger partial charge in [-0.25, -0.2) is 9.37 Å². The molecule has 186 valence electrons. The molecule has 37 heavy (non-hydrogen) atoms. The molecule has 3 aromatic carbocycles. The Morgan fingerprint density at radius 2 is 1.81 bits per heavy atom. The van der Waals surface area contributed by atoms with Crippen molar-refractivity contribution in [3.8, 4) is 0 Å². The summed E-state index contributed by atoms with van der Waals surface area (Å²) >= 11 is 7.76. The molecule has 0 saturated heterocycles. The largest absolute Gasteiger partial charge is 0.337 e. The highest BCUT2D eigenvalue weighted by molar-refractivity contribution is 7.98. The van der Waals surface area contributed by atoms with Crippen LogP contribution in [0.5, 0.6) is 0 Å². The number of carbonyl (C=O) groups is 1. The van der Waals surface area contributed by atoms with Gasteiger partial charge in [-0.15, -0.1) is 0 Å². The summed E-state index contributed by atoms with van der Waals surface area (Å²) in [6.07, 6.45) is 3.52. The van der Waals surface area contributed by atoms with Gasteiger partial charge in [0, 0.05) is 36.1 Å². The average Bonchev–Trinajstić information content (AvgIpc) is 3.26. The average molecular weight is 531 g/mol. The first-order chi connectivity index (χ1) is 18.0. The molecule has 0 radical (unpaired) electrons. The number of hydrogen-bond donors (Lipinski definition) is 0. The first-order valence-corrected chi connectivity index (χ1v) is 13.1. The summed E-state index contributed by atoms with van der Waals surface area (Å²) in [5.74, 6) is 0.169. The molecule has 0 bridgehead atoms. The Labute approximate surface area is 223 Å². The number of thioether (sulfide) groups is 1. The van der Waals surface area contributed by atoms with Gasteiger partial charge in [-0.05, 0) is 47.0 Å². The molecule has 0 aliphatic heterocycles. The first kappa shape index (κ1) is 25.0. The summed E-state index contributed by atoms with van der Waals surface area (Å²) in [6.45, 7) is 1.12. The Bertz CT molecular complexity index is 1540. The Morgan fingerprint density at radius 1 is 1.03 bits per heavy atom. The second-order valence-corrected chi connectivity index (χ2v) is 10.1. The van der Waals surface area contributed by atoms with Gasteiger partial charge in [0.25, 0.3) is 5.91 Å². The van der Waals surface area contributed by atoms with Crippen molar-refractivity contribution in [1.29, 1.82) is 0 Å². The summed E-state index contributed by atoms with van der Waals surface area (Å²) < 4.78 is 15.5. The van der Waals surface area contributed by atoms with E-state index in [2.05, 4.69) is 9.55 Å². The molecule has 5 rings (SSSR count). The lowest BCUT2D eigenvalue weighted by Crippen LogP contribution is -2.26. The minimum Gasteiger partial charge on any atom is -0.337 e. The summed E-state index contributed by atoms with van der Waals surface area (Å²) in [5, 5.41) is 1.21. The highest BCUT2D eigenvalue weighted by Gasteiger charge is 2.15. The number of halogens is 2. The van der Waals surface area contributed by atoms with Crippen LogP contribution >= 0.6 is 23.4 Å². The Balaban J connectivity index is 1.33. The quantitative estimate of drug-likeness (QED) is 0.206. The minimum atomic E-state index is -0.356. The van der Waals surface area contributed by atoms with Gasteiger partial charge in [-0.1, -0.05) is 71.9 Å². The highest BCUT2D eigenvalue weighted by atomic mass is 35.5. The number of carbonyl (C=O) groups excluding carboxylic acids is 1. The Kier molecular flexibility index (Phi) is 7.53. The van der Waals surface area contributed by atoms with Crippen LogP contribution in [-0.2, 0) is 18.8 Å². The van der Waals surface area contributed by atoms with E-state index in [0.717, 1.165) is 32.9 Å². The fourth-order valence-corrected chi connectivity index (χ4v) is 5.41. The predicted octanol–water partition coefficient (Wildman–Crippen LogP) is 6.84. The van der Waals surface area contributed by atoms with E-state index in [1.807, 2.05) is 67.7 Å². The van der Waals surface area contributed by atoms with Crippen molar-refractivity contribution in [2.45, 2.75) is 24.0 Å². The van der Waals surface area contributed by atoms with Crippen LogP contribution in [0.4, 0.5) is 4.39 Å². The van der Waals surface area contributed by atoms with E-state index >= 15 is 0 Å². The molecule has 1 amide bonds. The molecule has 5 nitrogen and oxygen atoms in total. The van der Waals surface area contributed by atoms with E-state index < -0.39 is 0 Å². The van der Waals surface area contributed by atoms with Gasteiger partial charge in [-0.3, -0.25) is 9.78 Å². The van der Waals surface area contributed by atoms with Crippen molar-refractivity contribution < 1.29 is 9.18 Å². The van der Waals surface area contributed by atoms with Crippen molar-refractivity contribution in [3.05, 3.63) is 124 Å². The second-order valence-electron chi connectivity index (χ2n) is 8.71. The summed E-state index contributed by atoms with van der Waals surface area (Å²) in [5.41, 5.74) is 5.36. The molecule has 0 saturated carbocycles. The molecule has 0 unspecified atom stereocenters. The molecular formula is C29H24ClFN4OS. The Hall–Kier alpha value is -3.68. The number of hydrogen-bond acceptors (Lipinski definition) is 4. The molecular weight excluding hydrogens is 507 g/mol. The van der Waals surface area contributed by atoms with E-state index in [9.17, 15) is 9.18 Å². The third-order valence-corrected chi connectivity index (χ3v) is 7.42. The van der Waals surface area contributed by atoms with Crippen LogP contribution in [-0.4, -0.2) is 32.4 Å². The van der Waals surface area contributed by atoms with E-state index in [0.29, 0.717) is 29.4 Å². The van der Waals surface area contributed by atoms with Gasteiger partial charge < -0.3 is 9.47 Å². The van der Waals surface area contributed by atoms with E-state index in [1.54, 1.807) is 23.4 Å². The van der Waals surface area contributed by atoms with Crippen molar-refractivity contribution in [3.63, 3.8) is 0 Å². The van der Waals surface area contributed by atoms with Crippen LogP contribution in [0.3, 0.4) is 0 Å². The third-order valence-electron chi connectivity index (χ3n) is 6.04. The molecule has 5 aromatic rings. The SMILES string of the molecule is CN(Cc1ccccc1)C(=O)c1ccc(Cn2c(SCc3ccc(F)cc3Cl)nc3ccncc32)cc1. The van der Waals surface area contributed by atoms with E-state index in [-0.39, 0.29) is 11.7 Å². The predicted molar refractivity (Wildman–Crippen MR) is 146 cm³/mol. The van der Waals surface area contributed by atoms with Crippen LogP contribution < -0.4 is 0 Å². The number of imidazole rings is 1. The number of aromatic nitrogens is 3. The lowest BCUT2D eigenvalue weighted by atomic mass is 10.1. The lowest BCUT2D eigenvalue weighted by molar-refractivity contribution is 0.0785. The zero-order valence-electron chi connectivity index (χ0n) is 20.1. The number of nitrogens with zero attached hydrogens (tertiary/aromatic N) is 4. The van der Waals surface area contributed by atoms with Crippen LogP contribution in [0.25, 0.3) is 11.0 Å². The molecule has 2 aromatic heterocycles. The molecule has 0 aliphatic rings. The fourth-order valence-electron chi connectivity index (χ4n) is 4.08. The summed E-state index contributed by atoms with van der Waals surface area (Å²) in [7, 11) is 1.81. The van der Waals surface area contributed by atoms with Crippen molar-refractivity contribution >= 4 is 40.3 Å². The monoisotopic (exact) mass is 530 g/mol. The maximum Gasteiger partial charge on any atom is 0.253 e. The molecule has 8 heteroatoms. The normalized spacial score (nSPS) is 11.1. The standard InChI is InChI=1S/C29H24ClFN4OS/c1-34(17-20-5-3-2-4-6-20)28(36)22-9-7-21(8-10-22)18-35-27-16-32-14-13-26(27)33-29(35)37-19-23-11-12-24(31)15-25(23)30/h2-16H,17-19H2,1H3. The van der Waals surface area contributed by atoms with Crippen LogP contribution in [0.2, 0.25) is 5.02 Å². The molecule has 2 heterocycles. The topological polar surface area (TPSA) is 51.0 Å². The zero-order valence-corrected chi connectivity index (χ0v) is 21.7. The van der Waals surface area contributed by atoms with Gasteiger partial charge >= 0.3 is 0 Å². The van der Waals surface area contributed by atoms with Crippen LogP contribution in [0, 0.1) is 5.82 Å². The molecule has 0 N–H and O–H groups in total. The van der Waals surface area contributed by atoms with Crippen LogP contribution in [0.15, 0.2) is 96.4 Å². The Morgan fingerprint density at radius 3 is 2.57 bits per heavy atom. The number of benzene rings is 3. The summed E-state index contributed by atoms with van der Waals surface area (Å²) in [6, 6.07) is 23.9. The van der Waals surface area contributed by atoms with Gasteiger partial charge in [0.15, 0.2) is 5.16 Å². The van der Waals surface area contributed by atoms with Gasteiger partial charge in [0.2, 0.25) is 0 Å². The molecule has 0 atom stereocenters. The number of amides is 1. The second kappa shape index (κ2) is 11.2. The number of pyridine rings is 1. The van der Waals surface area contributed by atoms with Gasteiger partial charge in [-0.2, -0.15) is 0 Å². The third kappa shape index (κ3) is 5.84. The van der Waals surface area contributed by atoms with Crippen LogP contribution in [0.1, 0.15) is 27.0 Å². The molecule has 0 spiro atoms. The number of rotatable bonds is 8.